The van der Waals surface area contributed by atoms with Crippen molar-refractivity contribution in [1.82, 2.24) is 24.0 Å². The van der Waals surface area contributed by atoms with Gasteiger partial charge < -0.3 is 24.7 Å². The van der Waals surface area contributed by atoms with Crippen molar-refractivity contribution in [3.05, 3.63) is 42.9 Å². The Bertz CT molecular complexity index is 1520. The van der Waals surface area contributed by atoms with Gasteiger partial charge in [-0.1, -0.05) is 18.2 Å². The van der Waals surface area contributed by atoms with E-state index in [2.05, 4.69) is 9.97 Å². The number of amides is 1. The molecular formula is C27H32N6O4. The summed E-state index contributed by atoms with van der Waals surface area (Å²) < 4.78 is 14.8. The van der Waals surface area contributed by atoms with Gasteiger partial charge in [0.05, 0.1) is 22.6 Å². The summed E-state index contributed by atoms with van der Waals surface area (Å²) >= 11 is 0. The number of anilines is 1. The summed E-state index contributed by atoms with van der Waals surface area (Å²) in [5.74, 6) is 0.308. The Kier molecular flexibility index (Phi) is 5.65. The van der Waals surface area contributed by atoms with Crippen molar-refractivity contribution in [2.75, 3.05) is 18.8 Å². The Morgan fingerprint density at radius 3 is 2.30 bits per heavy atom. The molecule has 0 radical (unpaired) electrons. The molecule has 1 fully saturated rings. The van der Waals surface area contributed by atoms with Gasteiger partial charge in [0.2, 0.25) is 0 Å². The number of ether oxygens (including phenoxy) is 2. The number of likely N-dealkylation sites (tertiary alicyclic amines) is 1. The second-order valence-corrected chi connectivity index (χ2v) is 11.4. The molecular weight excluding hydrogens is 472 g/mol. The van der Waals surface area contributed by atoms with Crippen LogP contribution in [0.3, 0.4) is 0 Å². The number of carbonyl (C=O) groups excluding carboxylic acids is 2. The van der Waals surface area contributed by atoms with Gasteiger partial charge in [0.25, 0.3) is 0 Å². The number of hydrogen-bond acceptors (Lipinski definition) is 7. The fraction of sp³-hybridized carbons (Fsp3) is 0.407. The van der Waals surface area contributed by atoms with E-state index in [4.69, 9.17) is 15.2 Å². The van der Waals surface area contributed by atoms with E-state index in [0.29, 0.717) is 41.2 Å². The highest BCUT2D eigenvalue weighted by atomic mass is 16.6. The molecule has 0 unspecified atom stereocenters. The molecule has 5 rings (SSSR count). The average Bonchev–Trinajstić information content (AvgIpc) is 3.30. The zero-order chi connectivity index (χ0) is 26.7. The molecule has 4 heterocycles. The first-order valence-corrected chi connectivity index (χ1v) is 12.3. The van der Waals surface area contributed by atoms with Gasteiger partial charge in [-0.2, -0.15) is 0 Å². The van der Waals surface area contributed by atoms with Crippen molar-refractivity contribution in [3.63, 3.8) is 0 Å². The maximum Gasteiger partial charge on any atom is 0.419 e. The molecule has 1 aliphatic heterocycles. The highest BCUT2D eigenvalue weighted by molar-refractivity contribution is 6.05. The summed E-state index contributed by atoms with van der Waals surface area (Å²) in [6, 6.07) is 9.55. The van der Waals surface area contributed by atoms with E-state index < -0.39 is 17.3 Å². The first kappa shape index (κ1) is 24.6. The number of nitrogen functional groups attached to an aromatic ring is 1. The summed E-state index contributed by atoms with van der Waals surface area (Å²) in [6.45, 7) is 12.0. The predicted octanol–water partition coefficient (Wildman–Crippen LogP) is 5.21. The number of benzene rings is 1. The van der Waals surface area contributed by atoms with E-state index in [-0.39, 0.29) is 12.1 Å². The van der Waals surface area contributed by atoms with Gasteiger partial charge in [-0.05, 0) is 53.7 Å². The zero-order valence-electron chi connectivity index (χ0n) is 22.0. The van der Waals surface area contributed by atoms with Gasteiger partial charge in [-0.25, -0.2) is 24.1 Å². The molecule has 37 heavy (non-hydrogen) atoms. The molecule has 0 bridgehead atoms. The molecule has 10 nitrogen and oxygen atoms in total. The number of hydrogen-bond donors (Lipinski definition) is 1. The average molecular weight is 505 g/mol. The van der Waals surface area contributed by atoms with Gasteiger partial charge in [0.1, 0.15) is 29.0 Å². The lowest BCUT2D eigenvalue weighted by Crippen LogP contribution is -2.52. The van der Waals surface area contributed by atoms with E-state index in [9.17, 15) is 9.59 Å². The van der Waals surface area contributed by atoms with Gasteiger partial charge in [-0.3, -0.25) is 0 Å². The lowest BCUT2D eigenvalue weighted by molar-refractivity contribution is 0.00150. The third-order valence-corrected chi connectivity index (χ3v) is 6.11. The first-order chi connectivity index (χ1) is 17.3. The molecule has 0 atom stereocenters. The summed E-state index contributed by atoms with van der Waals surface area (Å²) in [7, 11) is 0. The molecule has 0 spiro atoms. The van der Waals surface area contributed by atoms with Gasteiger partial charge in [-0.15, -0.1) is 0 Å². The summed E-state index contributed by atoms with van der Waals surface area (Å²) in [4.78, 5) is 36.3. The lowest BCUT2D eigenvalue weighted by atomic mass is 10.1. The molecule has 1 aliphatic rings. The number of aromatic nitrogens is 4. The van der Waals surface area contributed by atoms with E-state index in [1.807, 2.05) is 82.6 Å². The minimum atomic E-state index is -0.674. The van der Waals surface area contributed by atoms with E-state index in [1.54, 1.807) is 9.47 Å². The van der Waals surface area contributed by atoms with Crippen molar-refractivity contribution < 1.29 is 19.1 Å². The van der Waals surface area contributed by atoms with Gasteiger partial charge >= 0.3 is 12.2 Å². The topological polar surface area (TPSA) is 118 Å². The van der Waals surface area contributed by atoms with Crippen LogP contribution in [0.2, 0.25) is 0 Å². The maximum atomic E-state index is 13.4. The van der Waals surface area contributed by atoms with Crippen LogP contribution in [0.5, 0.6) is 0 Å². The van der Waals surface area contributed by atoms with Crippen LogP contribution in [-0.4, -0.2) is 60.5 Å². The molecule has 4 aromatic rings. The second-order valence-electron chi connectivity index (χ2n) is 11.4. The van der Waals surface area contributed by atoms with Crippen LogP contribution in [0.1, 0.15) is 47.6 Å². The third kappa shape index (κ3) is 4.59. The number of rotatable bonds is 2. The summed E-state index contributed by atoms with van der Waals surface area (Å²) in [5, 5.41) is 1.53. The SMILES string of the molecule is CC(C)(C)OC(=O)N1CC(n2cc(-c3cc4ccccc4n3C(=O)OC(C)(C)C)c3c(N)ncnc32)C1. The minimum absolute atomic E-state index is 0.0302. The first-order valence-electron chi connectivity index (χ1n) is 12.3. The van der Waals surface area contributed by atoms with Crippen LogP contribution in [0.15, 0.2) is 42.9 Å². The Hall–Kier alpha value is -4.08. The highest BCUT2D eigenvalue weighted by Crippen LogP contribution is 2.39. The largest absolute Gasteiger partial charge is 0.444 e. The molecule has 0 aliphatic carbocycles. The number of nitrogens with two attached hydrogens (primary N) is 1. The Morgan fingerprint density at radius 2 is 1.62 bits per heavy atom. The fourth-order valence-electron chi connectivity index (χ4n) is 4.55. The van der Waals surface area contributed by atoms with Gasteiger partial charge in [0, 0.05) is 30.2 Å². The summed E-state index contributed by atoms with van der Waals surface area (Å²) in [5.41, 5.74) is 7.83. The zero-order valence-corrected chi connectivity index (χ0v) is 22.0. The Labute approximate surface area is 215 Å². The van der Waals surface area contributed by atoms with Crippen LogP contribution in [-0.2, 0) is 9.47 Å². The van der Waals surface area contributed by atoms with E-state index >= 15 is 0 Å². The summed E-state index contributed by atoms with van der Waals surface area (Å²) in [6.07, 6.45) is 2.52. The monoisotopic (exact) mass is 504 g/mol. The van der Waals surface area contributed by atoms with Crippen LogP contribution >= 0.6 is 0 Å². The number of fused-ring (bicyclic) bond motifs is 2. The lowest BCUT2D eigenvalue weighted by Gasteiger charge is -2.40. The van der Waals surface area contributed by atoms with Crippen molar-refractivity contribution in [3.8, 4) is 11.3 Å². The molecule has 2 N–H and O–H groups in total. The molecule has 3 aromatic heterocycles. The number of carbonyl (C=O) groups is 2. The number of nitrogens with zero attached hydrogens (tertiary/aromatic N) is 5. The highest BCUT2D eigenvalue weighted by Gasteiger charge is 2.36. The third-order valence-electron chi connectivity index (χ3n) is 6.11. The maximum absolute atomic E-state index is 13.4. The fourth-order valence-corrected chi connectivity index (χ4v) is 4.55. The van der Waals surface area contributed by atoms with Crippen LogP contribution in [0, 0.1) is 0 Å². The molecule has 194 valence electrons. The standard InChI is InChI=1S/C27H32N6O4/c1-26(2,3)36-24(34)31-12-17(13-31)32-14-18(21-22(28)29-15-30-23(21)32)20-11-16-9-7-8-10-19(16)33(20)25(35)37-27(4,5)6/h7-11,14-15,17H,12-13H2,1-6H3,(H2,28,29,30). The molecule has 1 saturated heterocycles. The van der Waals surface area contributed by atoms with Crippen molar-refractivity contribution in [2.24, 2.45) is 0 Å². The Morgan fingerprint density at radius 1 is 0.973 bits per heavy atom. The van der Waals surface area contributed by atoms with Crippen LogP contribution in [0.4, 0.5) is 15.4 Å². The van der Waals surface area contributed by atoms with Crippen molar-refractivity contribution in [1.29, 1.82) is 0 Å². The number of para-hydroxylation sites is 1. The van der Waals surface area contributed by atoms with Crippen LogP contribution in [0.25, 0.3) is 33.2 Å². The molecule has 1 amide bonds. The van der Waals surface area contributed by atoms with Gasteiger partial charge in [0.15, 0.2) is 0 Å². The molecule has 1 aromatic carbocycles. The van der Waals surface area contributed by atoms with Crippen LogP contribution < -0.4 is 5.73 Å². The minimum Gasteiger partial charge on any atom is -0.444 e. The van der Waals surface area contributed by atoms with E-state index in [1.165, 1.54) is 6.33 Å². The molecule has 10 heteroatoms. The Balaban J connectivity index is 1.60. The smallest absolute Gasteiger partial charge is 0.419 e. The molecule has 0 saturated carbocycles. The second kappa shape index (κ2) is 8.50. The quantitative estimate of drug-likeness (QED) is 0.398. The predicted molar refractivity (Wildman–Crippen MR) is 141 cm³/mol. The normalized spacial score (nSPS) is 14.7. The van der Waals surface area contributed by atoms with E-state index in [0.717, 1.165) is 10.9 Å². The van der Waals surface area contributed by atoms with Crippen molar-refractivity contribution >= 4 is 39.9 Å². The van der Waals surface area contributed by atoms with Crippen molar-refractivity contribution in [2.45, 2.75) is 58.8 Å².